The monoisotopic (exact) mass is 464 g/mol. The lowest BCUT2D eigenvalue weighted by atomic mass is 9.99. The Morgan fingerprint density at radius 3 is 2.28 bits per heavy atom. The molecule has 0 fully saturated rings. The maximum atomic E-state index is 14.8. The Hall–Kier alpha value is -2.98. The topological polar surface area (TPSA) is 70.3 Å². The Balaban J connectivity index is 1.89. The molecule has 0 spiro atoms. The summed E-state index contributed by atoms with van der Waals surface area (Å²) in [6, 6.07) is 8.31. The summed E-state index contributed by atoms with van der Waals surface area (Å²) in [6.45, 7) is 4.53. The van der Waals surface area contributed by atoms with Crippen LogP contribution in [0.1, 0.15) is 5.56 Å². The second-order valence-electron chi connectivity index (χ2n) is 7.36. The largest absolute Gasteiger partial charge is 0.467 e. The number of benzene rings is 2. The van der Waals surface area contributed by atoms with E-state index in [2.05, 4.69) is 23.1 Å². The van der Waals surface area contributed by atoms with Gasteiger partial charge in [-0.1, -0.05) is 31.3 Å². The van der Waals surface area contributed by atoms with E-state index in [1.165, 1.54) is 30.6 Å². The van der Waals surface area contributed by atoms with E-state index in [-0.39, 0.29) is 24.1 Å². The Kier molecular flexibility index (Phi) is 7.47. The number of ether oxygens (including phenoxy) is 2. The highest BCUT2D eigenvalue weighted by atomic mass is 28.3. The van der Waals surface area contributed by atoms with Gasteiger partial charge in [-0.15, -0.1) is 0 Å². The highest BCUT2D eigenvalue weighted by Crippen LogP contribution is 2.38. The molecule has 2 N–H and O–H groups in total. The van der Waals surface area contributed by atoms with Crippen molar-refractivity contribution in [1.82, 2.24) is 9.97 Å². The molecule has 3 rings (SSSR count). The summed E-state index contributed by atoms with van der Waals surface area (Å²) in [4.78, 5) is 7.69. The van der Waals surface area contributed by atoms with Gasteiger partial charge in [-0.3, -0.25) is 0 Å². The van der Waals surface area contributed by atoms with Crippen molar-refractivity contribution in [2.75, 3.05) is 19.1 Å². The second kappa shape index (κ2) is 10.1. The molecule has 0 saturated carbocycles. The molecule has 3 aromatic rings. The molecular formula is C22H22F4N3O2Si. The van der Waals surface area contributed by atoms with E-state index < -0.39 is 26.4 Å². The van der Waals surface area contributed by atoms with Crippen LogP contribution in [-0.2, 0) is 10.9 Å². The fourth-order valence-electron chi connectivity index (χ4n) is 2.89. The van der Waals surface area contributed by atoms with Gasteiger partial charge in [0.1, 0.15) is 11.6 Å². The van der Waals surface area contributed by atoms with Crippen molar-refractivity contribution in [3.8, 4) is 28.0 Å². The molecule has 10 heteroatoms. The summed E-state index contributed by atoms with van der Waals surface area (Å²) in [5.74, 6) is -0.561. The van der Waals surface area contributed by atoms with E-state index in [1.807, 2.05) is 0 Å². The van der Waals surface area contributed by atoms with Crippen LogP contribution in [0, 0.1) is 5.82 Å². The Morgan fingerprint density at radius 2 is 1.66 bits per heavy atom. The van der Waals surface area contributed by atoms with Crippen LogP contribution in [0.25, 0.3) is 22.3 Å². The average molecular weight is 465 g/mol. The Bertz CT molecular complexity index is 1060. The zero-order valence-electron chi connectivity index (χ0n) is 17.5. The molecule has 1 radical (unpaired) electrons. The van der Waals surface area contributed by atoms with Gasteiger partial charge < -0.3 is 15.2 Å². The minimum atomic E-state index is -4.54. The minimum Gasteiger partial charge on any atom is -0.467 e. The summed E-state index contributed by atoms with van der Waals surface area (Å²) < 4.78 is 65.3. The van der Waals surface area contributed by atoms with Gasteiger partial charge >= 0.3 is 6.18 Å². The number of aromatic nitrogens is 2. The summed E-state index contributed by atoms with van der Waals surface area (Å²) in [5.41, 5.74) is 5.94. The molecule has 0 amide bonds. The maximum absolute atomic E-state index is 14.8. The van der Waals surface area contributed by atoms with Crippen LogP contribution < -0.4 is 10.5 Å². The van der Waals surface area contributed by atoms with E-state index >= 15 is 0 Å². The number of halogens is 4. The molecule has 0 aliphatic rings. The van der Waals surface area contributed by atoms with Crippen LogP contribution in [0.4, 0.5) is 23.5 Å². The molecule has 1 aromatic heterocycles. The summed E-state index contributed by atoms with van der Waals surface area (Å²) >= 11 is 0. The third-order valence-electron chi connectivity index (χ3n) is 4.62. The summed E-state index contributed by atoms with van der Waals surface area (Å²) in [7, 11) is -0.476. The quantitative estimate of drug-likeness (QED) is 0.202. The average Bonchev–Trinajstić information content (AvgIpc) is 2.73. The molecule has 0 atom stereocenters. The fraction of sp³-hybridized carbons (Fsp3) is 0.273. The van der Waals surface area contributed by atoms with Crippen molar-refractivity contribution in [2.24, 2.45) is 0 Å². The van der Waals surface area contributed by atoms with Crippen molar-refractivity contribution >= 4 is 14.7 Å². The molecule has 1 heterocycles. The molecule has 169 valence electrons. The number of anilines is 1. The molecule has 0 aliphatic carbocycles. The van der Waals surface area contributed by atoms with E-state index in [0.717, 1.165) is 18.2 Å². The molecular weight excluding hydrogens is 442 g/mol. The molecule has 0 saturated heterocycles. The van der Waals surface area contributed by atoms with Gasteiger partial charge in [0.15, 0.2) is 6.79 Å². The van der Waals surface area contributed by atoms with Crippen LogP contribution in [0.2, 0.25) is 19.1 Å². The van der Waals surface area contributed by atoms with Crippen LogP contribution in [0.5, 0.6) is 5.75 Å². The van der Waals surface area contributed by atoms with Crippen LogP contribution >= 0.6 is 0 Å². The highest BCUT2D eigenvalue weighted by molar-refractivity contribution is 6.55. The van der Waals surface area contributed by atoms with E-state index in [1.54, 1.807) is 6.07 Å². The Labute approximate surface area is 184 Å². The van der Waals surface area contributed by atoms with Crippen molar-refractivity contribution in [2.45, 2.75) is 25.3 Å². The van der Waals surface area contributed by atoms with Gasteiger partial charge in [-0.25, -0.2) is 14.4 Å². The molecule has 0 unspecified atom stereocenters. The number of hydrogen-bond donors (Lipinski definition) is 1. The van der Waals surface area contributed by atoms with Crippen molar-refractivity contribution in [1.29, 1.82) is 0 Å². The number of hydrogen-bond acceptors (Lipinski definition) is 5. The first-order chi connectivity index (χ1) is 15.1. The van der Waals surface area contributed by atoms with Gasteiger partial charge in [-0.05, 0) is 29.8 Å². The normalized spacial score (nSPS) is 11.7. The van der Waals surface area contributed by atoms with Gasteiger partial charge in [0.05, 0.1) is 5.56 Å². The van der Waals surface area contributed by atoms with Gasteiger partial charge in [-0.2, -0.15) is 13.2 Å². The predicted octanol–water partition coefficient (Wildman–Crippen LogP) is 5.66. The zero-order chi connectivity index (χ0) is 23.3. The lowest BCUT2D eigenvalue weighted by molar-refractivity contribution is -0.137. The maximum Gasteiger partial charge on any atom is 0.416 e. The third kappa shape index (κ3) is 6.04. The van der Waals surface area contributed by atoms with Crippen molar-refractivity contribution in [3.05, 3.63) is 60.2 Å². The van der Waals surface area contributed by atoms with Crippen molar-refractivity contribution < 1.29 is 27.0 Å². The smallest absolute Gasteiger partial charge is 0.416 e. The highest BCUT2D eigenvalue weighted by Gasteiger charge is 2.31. The standard InChI is InChI=1S/C22H22F4N3O2Si/c1-32(2)8-7-30-13-31-20-10-16(22(24,25)26)4-6-18(20)14-3-5-17(19(23)9-14)15-11-28-21(27)29-12-15/h3-6,9-12H,7-8,13H2,1-2H3,(H2,27,28,29). The zero-order valence-corrected chi connectivity index (χ0v) is 18.5. The van der Waals surface area contributed by atoms with E-state index in [0.29, 0.717) is 23.3 Å². The summed E-state index contributed by atoms with van der Waals surface area (Å²) in [6.07, 6.45) is -1.75. The number of nitrogens with zero attached hydrogens (tertiary/aromatic N) is 2. The lowest BCUT2D eigenvalue weighted by Crippen LogP contribution is -2.10. The minimum absolute atomic E-state index is 0.0404. The number of nitrogens with two attached hydrogens (primary N) is 1. The molecule has 5 nitrogen and oxygen atoms in total. The first kappa shape index (κ1) is 23.7. The van der Waals surface area contributed by atoms with Crippen LogP contribution in [0.3, 0.4) is 0 Å². The Morgan fingerprint density at radius 1 is 0.969 bits per heavy atom. The second-order valence-corrected chi connectivity index (χ2v) is 10.3. The van der Waals surface area contributed by atoms with Crippen LogP contribution in [0.15, 0.2) is 48.8 Å². The first-order valence-electron chi connectivity index (χ1n) is 9.74. The van der Waals surface area contributed by atoms with Crippen molar-refractivity contribution in [3.63, 3.8) is 0 Å². The molecule has 0 aliphatic heterocycles. The molecule has 2 aromatic carbocycles. The van der Waals surface area contributed by atoms with E-state index in [9.17, 15) is 17.6 Å². The van der Waals surface area contributed by atoms with Gasteiger partial charge in [0.2, 0.25) is 5.95 Å². The molecule has 0 bridgehead atoms. The number of rotatable bonds is 8. The van der Waals surface area contributed by atoms with Gasteiger partial charge in [0.25, 0.3) is 0 Å². The summed E-state index contributed by atoms with van der Waals surface area (Å²) in [5, 5.41) is 0. The lowest BCUT2D eigenvalue weighted by Gasteiger charge is -2.16. The van der Waals surface area contributed by atoms with Gasteiger partial charge in [0, 0.05) is 44.5 Å². The molecule has 32 heavy (non-hydrogen) atoms. The number of alkyl halides is 3. The predicted molar refractivity (Wildman–Crippen MR) is 116 cm³/mol. The van der Waals surface area contributed by atoms with Crippen LogP contribution in [-0.4, -0.2) is 32.2 Å². The fourth-order valence-corrected chi connectivity index (χ4v) is 3.44. The van der Waals surface area contributed by atoms with E-state index in [4.69, 9.17) is 15.2 Å². The third-order valence-corrected chi connectivity index (χ3v) is 5.82. The SMILES string of the molecule is C[Si](C)CCOCOc1cc(C(F)(F)F)ccc1-c1ccc(-c2cnc(N)nc2)c(F)c1. The first-order valence-corrected chi connectivity index (χ1v) is 12.4. The number of nitrogen functional groups attached to an aromatic ring is 1.